The maximum atomic E-state index is 12.4. The summed E-state index contributed by atoms with van der Waals surface area (Å²) in [4.78, 5) is 14.1. The van der Waals surface area contributed by atoms with Crippen LogP contribution in [0.2, 0.25) is 0 Å². The largest absolute Gasteiger partial charge is 0.472 e. The molecule has 0 spiro atoms. The van der Waals surface area contributed by atoms with Crippen LogP contribution in [0.3, 0.4) is 0 Å². The zero-order valence-corrected chi connectivity index (χ0v) is 13.3. The van der Waals surface area contributed by atoms with Gasteiger partial charge in [0.2, 0.25) is 10.0 Å². The van der Waals surface area contributed by atoms with Crippen molar-refractivity contribution in [3.63, 3.8) is 0 Å². The topological polar surface area (TPSA) is 91.1 Å². The lowest BCUT2D eigenvalue weighted by Crippen LogP contribution is -2.52. The molecule has 2 atom stereocenters. The van der Waals surface area contributed by atoms with Crippen molar-refractivity contribution in [3.05, 3.63) is 24.2 Å². The summed E-state index contributed by atoms with van der Waals surface area (Å²) in [5, 5.41) is 9.89. The maximum absolute atomic E-state index is 12.4. The average molecular weight is 328 g/mol. The van der Waals surface area contributed by atoms with Crippen molar-refractivity contribution in [2.75, 3.05) is 39.0 Å². The zero-order chi connectivity index (χ0) is 16.0. The van der Waals surface area contributed by atoms with E-state index in [-0.39, 0.29) is 25.0 Å². The van der Waals surface area contributed by atoms with Crippen molar-refractivity contribution in [3.8, 4) is 0 Å². The number of fused-ring (bicyclic) bond motifs is 1. The van der Waals surface area contributed by atoms with Crippen molar-refractivity contribution in [2.45, 2.75) is 6.42 Å². The van der Waals surface area contributed by atoms with Crippen molar-refractivity contribution >= 4 is 15.9 Å². The van der Waals surface area contributed by atoms with Crippen LogP contribution in [0.1, 0.15) is 16.8 Å². The number of hydrogen-bond acceptors (Lipinski definition) is 5. The van der Waals surface area contributed by atoms with Crippen LogP contribution in [0, 0.1) is 11.3 Å². The molecule has 1 N–H and O–H groups in total. The van der Waals surface area contributed by atoms with Crippen molar-refractivity contribution < 1.29 is 22.7 Å². The van der Waals surface area contributed by atoms with Gasteiger partial charge in [-0.15, -0.1) is 0 Å². The molecule has 1 aromatic rings. The van der Waals surface area contributed by atoms with Gasteiger partial charge in [-0.1, -0.05) is 0 Å². The summed E-state index contributed by atoms with van der Waals surface area (Å²) in [5.41, 5.74) is -0.0923. The smallest absolute Gasteiger partial charge is 0.257 e. The molecule has 0 saturated carbocycles. The molecule has 1 aromatic heterocycles. The zero-order valence-electron chi connectivity index (χ0n) is 12.4. The molecule has 2 fully saturated rings. The number of piperidine rings is 1. The molecule has 0 radical (unpaired) electrons. The van der Waals surface area contributed by atoms with E-state index >= 15 is 0 Å². The van der Waals surface area contributed by atoms with Gasteiger partial charge in [0, 0.05) is 31.6 Å². The minimum absolute atomic E-state index is 0.0839. The normalized spacial score (nSPS) is 29.5. The number of aliphatic hydroxyl groups is 1. The monoisotopic (exact) mass is 328 g/mol. The standard InChI is InChI=1S/C14H20N2O5S/c1-22(19,20)16-6-12-2-4-15(8-14(12,9-16)10-17)13(18)11-3-5-21-7-11/h3,5,7,12,17H,2,4,6,8-10H2,1H3. The van der Waals surface area contributed by atoms with Crippen molar-refractivity contribution in [1.82, 2.24) is 9.21 Å². The van der Waals surface area contributed by atoms with Crippen molar-refractivity contribution in [1.29, 1.82) is 0 Å². The van der Waals surface area contributed by atoms with Gasteiger partial charge >= 0.3 is 0 Å². The lowest BCUT2D eigenvalue weighted by Gasteiger charge is -2.43. The lowest BCUT2D eigenvalue weighted by atomic mass is 9.74. The Hall–Kier alpha value is -1.38. The second-order valence-electron chi connectivity index (χ2n) is 6.30. The van der Waals surface area contributed by atoms with Gasteiger partial charge < -0.3 is 14.4 Å². The number of hydrogen-bond donors (Lipinski definition) is 1. The van der Waals surface area contributed by atoms with Crippen molar-refractivity contribution in [2.24, 2.45) is 11.3 Å². The number of rotatable bonds is 3. The first-order chi connectivity index (χ1) is 10.4. The van der Waals surface area contributed by atoms with E-state index in [9.17, 15) is 18.3 Å². The second-order valence-corrected chi connectivity index (χ2v) is 8.28. The molecular formula is C14H20N2O5S. The fraction of sp³-hybridized carbons (Fsp3) is 0.643. The van der Waals surface area contributed by atoms with Gasteiger partial charge in [-0.25, -0.2) is 12.7 Å². The molecule has 2 aliphatic heterocycles. The van der Waals surface area contributed by atoms with Gasteiger partial charge in [-0.3, -0.25) is 4.79 Å². The first-order valence-electron chi connectivity index (χ1n) is 7.23. The third-order valence-corrected chi connectivity index (χ3v) is 6.09. The number of likely N-dealkylation sites (tertiary alicyclic amines) is 1. The minimum Gasteiger partial charge on any atom is -0.472 e. The summed E-state index contributed by atoms with van der Waals surface area (Å²) in [6.45, 7) is 1.49. The van der Waals surface area contributed by atoms with Crippen LogP contribution in [0.5, 0.6) is 0 Å². The highest BCUT2D eigenvalue weighted by Gasteiger charge is 2.52. The van der Waals surface area contributed by atoms with E-state index in [1.165, 1.54) is 23.1 Å². The molecule has 8 heteroatoms. The summed E-state index contributed by atoms with van der Waals surface area (Å²) in [7, 11) is -3.29. The maximum Gasteiger partial charge on any atom is 0.257 e. The molecule has 22 heavy (non-hydrogen) atoms. The number of carbonyl (C=O) groups is 1. The molecule has 2 aliphatic rings. The van der Waals surface area contributed by atoms with Crippen LogP contribution in [0.4, 0.5) is 0 Å². The minimum atomic E-state index is -3.29. The van der Waals surface area contributed by atoms with E-state index in [1.807, 2.05) is 0 Å². The van der Waals surface area contributed by atoms with E-state index < -0.39 is 15.4 Å². The van der Waals surface area contributed by atoms with Gasteiger partial charge in [-0.2, -0.15) is 0 Å². The van der Waals surface area contributed by atoms with Crippen LogP contribution in [0.15, 0.2) is 23.0 Å². The van der Waals surface area contributed by atoms with E-state index in [0.29, 0.717) is 31.6 Å². The van der Waals surface area contributed by atoms with E-state index in [4.69, 9.17) is 4.42 Å². The summed E-state index contributed by atoms with van der Waals surface area (Å²) in [5.74, 6) is -0.0570. The molecule has 122 valence electrons. The Morgan fingerprint density at radius 2 is 2.27 bits per heavy atom. The highest BCUT2D eigenvalue weighted by Crippen LogP contribution is 2.42. The Morgan fingerprint density at radius 1 is 1.50 bits per heavy atom. The van der Waals surface area contributed by atoms with Crippen LogP contribution in [0.25, 0.3) is 0 Å². The second kappa shape index (κ2) is 5.36. The molecular weight excluding hydrogens is 308 g/mol. The van der Waals surface area contributed by atoms with E-state index in [2.05, 4.69) is 0 Å². The third-order valence-electron chi connectivity index (χ3n) is 4.87. The summed E-state index contributed by atoms with van der Waals surface area (Å²) < 4.78 is 29.9. The highest BCUT2D eigenvalue weighted by atomic mass is 32.2. The first kappa shape index (κ1) is 15.5. The summed E-state index contributed by atoms with van der Waals surface area (Å²) in [6, 6.07) is 1.61. The fourth-order valence-corrected chi connectivity index (χ4v) is 4.50. The first-order valence-corrected chi connectivity index (χ1v) is 9.08. The fourth-order valence-electron chi connectivity index (χ4n) is 3.56. The van der Waals surface area contributed by atoms with Gasteiger partial charge in [0.1, 0.15) is 6.26 Å². The van der Waals surface area contributed by atoms with E-state index in [1.54, 1.807) is 11.0 Å². The SMILES string of the molecule is CS(=O)(=O)N1CC2CCN(C(=O)c3ccoc3)CC2(CO)C1. The van der Waals surface area contributed by atoms with Gasteiger partial charge in [-0.05, 0) is 18.4 Å². The summed E-state index contributed by atoms with van der Waals surface area (Å²) >= 11 is 0. The van der Waals surface area contributed by atoms with Crippen LogP contribution in [-0.4, -0.2) is 67.7 Å². The molecule has 2 saturated heterocycles. The van der Waals surface area contributed by atoms with Crippen LogP contribution >= 0.6 is 0 Å². The molecule has 3 heterocycles. The Kier molecular flexibility index (Phi) is 3.78. The Morgan fingerprint density at radius 3 is 2.86 bits per heavy atom. The third kappa shape index (κ3) is 2.55. The van der Waals surface area contributed by atoms with Crippen LogP contribution in [-0.2, 0) is 10.0 Å². The highest BCUT2D eigenvalue weighted by molar-refractivity contribution is 7.88. The van der Waals surface area contributed by atoms with Gasteiger partial charge in [0.05, 0.1) is 24.7 Å². The van der Waals surface area contributed by atoms with Crippen LogP contribution < -0.4 is 0 Å². The molecule has 2 unspecified atom stereocenters. The number of furan rings is 1. The molecule has 7 nitrogen and oxygen atoms in total. The number of carbonyl (C=O) groups excluding carboxylic acids is 1. The Bertz CT molecular complexity index is 657. The number of sulfonamides is 1. The molecule has 0 aliphatic carbocycles. The Balaban J connectivity index is 1.81. The molecule has 3 rings (SSSR count). The molecule has 0 bridgehead atoms. The van der Waals surface area contributed by atoms with Gasteiger partial charge in [0.15, 0.2) is 0 Å². The Labute approximate surface area is 129 Å². The average Bonchev–Trinajstić information content (AvgIpc) is 3.12. The van der Waals surface area contributed by atoms with Gasteiger partial charge in [0.25, 0.3) is 5.91 Å². The molecule has 0 aromatic carbocycles. The number of aliphatic hydroxyl groups excluding tert-OH is 1. The predicted octanol–water partition coefficient (Wildman–Crippen LogP) is -0.00440. The molecule has 1 amide bonds. The number of amides is 1. The quantitative estimate of drug-likeness (QED) is 0.843. The number of nitrogens with zero attached hydrogens (tertiary/aromatic N) is 2. The van der Waals surface area contributed by atoms with E-state index in [0.717, 1.165) is 0 Å². The summed E-state index contributed by atoms with van der Waals surface area (Å²) in [6.07, 6.45) is 4.72. The lowest BCUT2D eigenvalue weighted by molar-refractivity contribution is 0.0129. The predicted molar refractivity (Wildman–Crippen MR) is 78.7 cm³/mol.